The van der Waals surface area contributed by atoms with Crippen molar-refractivity contribution >= 4 is 17.0 Å². The number of aliphatic imine (C=N–C) groups is 1. The standard InChI is InChI=1S/C55H48N2/c1-7-51(42-19-11-8-12-20-42)56-53(35-39(6)40-27-29-41(30-28-40)46-33-34-52(37(2)3)57-54(46)38(4)5)43-31-32-48-47-25-17-18-26-49(47)55(50(48)36-43,44-21-13-9-14-22-44)45-23-15-10-16-24-45/h7-38H,1,6H2,2-5H3/b53-35-,56-51?. The van der Waals surface area contributed by atoms with Crippen LogP contribution in [-0.2, 0) is 5.41 Å². The summed E-state index contributed by atoms with van der Waals surface area (Å²) in [5.74, 6) is 0.687. The Morgan fingerprint density at radius 1 is 0.561 bits per heavy atom. The molecular weight excluding hydrogens is 689 g/mol. The number of hydrogen-bond acceptors (Lipinski definition) is 2. The molecular formula is C55H48N2. The van der Waals surface area contributed by atoms with E-state index in [4.69, 9.17) is 9.98 Å². The van der Waals surface area contributed by atoms with Crippen molar-refractivity contribution in [2.75, 3.05) is 0 Å². The first kappa shape index (κ1) is 37.3. The molecule has 0 saturated carbocycles. The predicted molar refractivity (Wildman–Crippen MR) is 242 cm³/mol. The summed E-state index contributed by atoms with van der Waals surface area (Å²) >= 11 is 0. The number of allylic oxidation sites excluding steroid dienone is 3. The molecule has 0 fully saturated rings. The van der Waals surface area contributed by atoms with E-state index >= 15 is 0 Å². The van der Waals surface area contributed by atoms with Crippen LogP contribution in [0.1, 0.15) is 89.9 Å². The first-order valence-electron chi connectivity index (χ1n) is 19.9. The fraction of sp³-hybridized carbons (Fsp3) is 0.127. The van der Waals surface area contributed by atoms with E-state index in [1.54, 1.807) is 0 Å². The Morgan fingerprint density at radius 3 is 1.74 bits per heavy atom. The zero-order valence-electron chi connectivity index (χ0n) is 33.3. The van der Waals surface area contributed by atoms with Gasteiger partial charge in [0, 0.05) is 22.4 Å². The number of nitrogens with zero attached hydrogens (tertiary/aromatic N) is 2. The van der Waals surface area contributed by atoms with Crippen LogP contribution in [0.15, 0.2) is 200 Å². The first-order chi connectivity index (χ1) is 27.8. The molecule has 1 aromatic heterocycles. The van der Waals surface area contributed by atoms with E-state index in [2.05, 4.69) is 199 Å². The highest BCUT2D eigenvalue weighted by molar-refractivity contribution is 6.11. The van der Waals surface area contributed by atoms with Crippen molar-refractivity contribution in [1.29, 1.82) is 0 Å². The normalized spacial score (nSPS) is 13.4. The lowest BCUT2D eigenvalue weighted by Crippen LogP contribution is -2.28. The molecule has 0 aliphatic heterocycles. The molecule has 1 aliphatic carbocycles. The number of rotatable bonds is 11. The summed E-state index contributed by atoms with van der Waals surface area (Å²) in [4.78, 5) is 10.5. The average Bonchev–Trinajstić information content (AvgIpc) is 3.56. The minimum Gasteiger partial charge on any atom is -0.257 e. The van der Waals surface area contributed by atoms with Crippen LogP contribution in [0.3, 0.4) is 0 Å². The van der Waals surface area contributed by atoms with Crippen LogP contribution in [-0.4, -0.2) is 10.7 Å². The molecule has 8 rings (SSSR count). The lowest BCUT2D eigenvalue weighted by molar-refractivity contribution is 0.767. The van der Waals surface area contributed by atoms with Crippen LogP contribution >= 0.6 is 0 Å². The largest absolute Gasteiger partial charge is 0.257 e. The van der Waals surface area contributed by atoms with Crippen LogP contribution < -0.4 is 0 Å². The van der Waals surface area contributed by atoms with E-state index in [9.17, 15) is 0 Å². The van der Waals surface area contributed by atoms with Gasteiger partial charge in [0.15, 0.2) is 0 Å². The molecule has 6 aromatic carbocycles. The van der Waals surface area contributed by atoms with E-state index in [0.717, 1.165) is 50.6 Å². The second-order valence-electron chi connectivity index (χ2n) is 15.5. The van der Waals surface area contributed by atoms with E-state index < -0.39 is 5.41 Å². The average molecular weight is 737 g/mol. The van der Waals surface area contributed by atoms with E-state index in [0.29, 0.717) is 11.8 Å². The molecule has 0 amide bonds. The third-order valence-electron chi connectivity index (χ3n) is 11.2. The van der Waals surface area contributed by atoms with Gasteiger partial charge in [-0.05, 0) is 86.2 Å². The maximum atomic E-state index is 5.38. The van der Waals surface area contributed by atoms with Crippen LogP contribution in [0.2, 0.25) is 0 Å². The highest BCUT2D eigenvalue weighted by Crippen LogP contribution is 2.56. The van der Waals surface area contributed by atoms with Crippen molar-refractivity contribution in [2.24, 2.45) is 4.99 Å². The highest BCUT2D eigenvalue weighted by Gasteiger charge is 2.46. The number of aromatic nitrogens is 1. The summed E-state index contributed by atoms with van der Waals surface area (Å²) in [6.07, 6.45) is 3.96. The molecule has 7 aromatic rings. The van der Waals surface area contributed by atoms with Crippen LogP contribution in [0, 0.1) is 0 Å². The van der Waals surface area contributed by atoms with Crippen molar-refractivity contribution in [3.63, 3.8) is 0 Å². The maximum Gasteiger partial charge on any atom is 0.0715 e. The molecule has 0 atom stereocenters. The molecule has 0 saturated heterocycles. The minimum atomic E-state index is -0.524. The number of benzene rings is 6. The molecule has 278 valence electrons. The van der Waals surface area contributed by atoms with Gasteiger partial charge in [-0.15, -0.1) is 0 Å². The number of hydrogen-bond donors (Lipinski definition) is 0. The molecule has 1 aliphatic rings. The monoisotopic (exact) mass is 736 g/mol. The van der Waals surface area contributed by atoms with Gasteiger partial charge in [-0.2, -0.15) is 0 Å². The lowest BCUT2D eigenvalue weighted by Gasteiger charge is -2.34. The SMILES string of the molecule is C=CC(=N/C(=C\C(=C)c1ccc(-c2ccc(C(C)C)nc2C(C)C)cc1)c1ccc2c(c1)C(c1ccccc1)(c1ccccc1)c1ccccc1-2)c1ccccc1. The quantitative estimate of drug-likeness (QED) is 0.0959. The Morgan fingerprint density at radius 2 is 1.12 bits per heavy atom. The topological polar surface area (TPSA) is 25.2 Å². The molecule has 0 bridgehead atoms. The summed E-state index contributed by atoms with van der Waals surface area (Å²) in [6.45, 7) is 17.6. The van der Waals surface area contributed by atoms with Crippen LogP contribution in [0.25, 0.3) is 33.5 Å². The van der Waals surface area contributed by atoms with Gasteiger partial charge >= 0.3 is 0 Å². The third kappa shape index (κ3) is 6.93. The minimum absolute atomic E-state index is 0.308. The van der Waals surface area contributed by atoms with Gasteiger partial charge in [0.25, 0.3) is 0 Å². The molecule has 0 spiro atoms. The summed E-state index contributed by atoms with van der Waals surface area (Å²) in [5, 5.41) is 0. The number of pyridine rings is 1. The third-order valence-corrected chi connectivity index (χ3v) is 11.2. The Balaban J connectivity index is 1.28. The summed E-state index contributed by atoms with van der Waals surface area (Å²) < 4.78 is 0. The maximum absolute atomic E-state index is 5.38. The van der Waals surface area contributed by atoms with Gasteiger partial charge in [0.1, 0.15) is 0 Å². The Hall–Kier alpha value is -6.64. The summed E-state index contributed by atoms with van der Waals surface area (Å²) in [5.41, 5.74) is 17.0. The zero-order chi connectivity index (χ0) is 39.5. The molecule has 57 heavy (non-hydrogen) atoms. The molecule has 0 radical (unpaired) electrons. The second kappa shape index (κ2) is 15.8. The number of fused-ring (bicyclic) bond motifs is 3. The first-order valence-corrected chi connectivity index (χ1v) is 19.9. The predicted octanol–water partition coefficient (Wildman–Crippen LogP) is 14.1. The van der Waals surface area contributed by atoms with Crippen molar-refractivity contribution < 1.29 is 0 Å². The lowest BCUT2D eigenvalue weighted by atomic mass is 9.67. The van der Waals surface area contributed by atoms with Crippen molar-refractivity contribution in [2.45, 2.75) is 44.9 Å². The van der Waals surface area contributed by atoms with E-state index in [-0.39, 0.29) is 0 Å². The Labute approximate surface area is 338 Å². The van der Waals surface area contributed by atoms with Gasteiger partial charge in [-0.25, -0.2) is 4.99 Å². The Kier molecular flexibility index (Phi) is 10.4. The molecule has 2 nitrogen and oxygen atoms in total. The zero-order valence-corrected chi connectivity index (χ0v) is 33.3. The molecule has 2 heteroatoms. The van der Waals surface area contributed by atoms with Gasteiger partial charge in [0.2, 0.25) is 0 Å². The van der Waals surface area contributed by atoms with E-state index in [1.807, 2.05) is 24.3 Å². The van der Waals surface area contributed by atoms with Crippen molar-refractivity contribution in [3.8, 4) is 22.3 Å². The fourth-order valence-corrected chi connectivity index (χ4v) is 8.36. The van der Waals surface area contributed by atoms with Gasteiger partial charge < -0.3 is 0 Å². The van der Waals surface area contributed by atoms with Gasteiger partial charge in [0.05, 0.1) is 22.5 Å². The van der Waals surface area contributed by atoms with Crippen LogP contribution in [0.4, 0.5) is 0 Å². The van der Waals surface area contributed by atoms with Crippen LogP contribution in [0.5, 0.6) is 0 Å². The summed E-state index contributed by atoms with van der Waals surface area (Å²) in [6, 6.07) is 60.9. The van der Waals surface area contributed by atoms with Crippen molar-refractivity contribution in [1.82, 2.24) is 4.98 Å². The molecule has 0 unspecified atom stereocenters. The molecule has 1 heterocycles. The van der Waals surface area contributed by atoms with Gasteiger partial charge in [-0.1, -0.05) is 199 Å². The highest BCUT2D eigenvalue weighted by atomic mass is 14.8. The smallest absolute Gasteiger partial charge is 0.0715 e. The van der Waals surface area contributed by atoms with E-state index in [1.165, 1.54) is 38.9 Å². The fourth-order valence-electron chi connectivity index (χ4n) is 8.36. The molecule has 0 N–H and O–H groups in total. The summed E-state index contributed by atoms with van der Waals surface area (Å²) in [7, 11) is 0. The second-order valence-corrected chi connectivity index (χ2v) is 15.5. The Bertz CT molecular complexity index is 2590. The van der Waals surface area contributed by atoms with Crippen molar-refractivity contribution in [3.05, 3.63) is 246 Å². The van der Waals surface area contributed by atoms with Gasteiger partial charge in [-0.3, -0.25) is 4.98 Å².